The van der Waals surface area contributed by atoms with Crippen LogP contribution in [0.1, 0.15) is 36.2 Å². The summed E-state index contributed by atoms with van der Waals surface area (Å²) in [6.07, 6.45) is -1.34. The van der Waals surface area contributed by atoms with Gasteiger partial charge in [-0.25, -0.2) is 9.59 Å². The van der Waals surface area contributed by atoms with Crippen LogP contribution in [0, 0.1) is 5.92 Å². The van der Waals surface area contributed by atoms with Gasteiger partial charge < -0.3 is 24.8 Å². The first-order chi connectivity index (χ1) is 16.8. The van der Waals surface area contributed by atoms with Crippen molar-refractivity contribution in [1.29, 1.82) is 0 Å². The minimum absolute atomic E-state index is 0.0149. The molecule has 1 amide bonds. The fraction of sp³-hybridized carbons (Fsp3) is 0.385. The van der Waals surface area contributed by atoms with Crippen molar-refractivity contribution in [1.82, 2.24) is 10.6 Å². The molecule has 9 heteroatoms. The summed E-state index contributed by atoms with van der Waals surface area (Å²) in [5.41, 5.74) is 1.14. The molecule has 1 aliphatic rings. The quantitative estimate of drug-likeness (QED) is 0.301. The van der Waals surface area contributed by atoms with Gasteiger partial charge in [0.1, 0.15) is 18.8 Å². The Labute approximate surface area is 204 Å². The average Bonchev–Trinajstić information content (AvgIpc) is 3.31. The number of carbonyl (C=O) groups is 4. The van der Waals surface area contributed by atoms with E-state index in [0.29, 0.717) is 24.4 Å². The van der Waals surface area contributed by atoms with Crippen LogP contribution in [0.5, 0.6) is 0 Å². The number of Topliss-reactive ketones (excluding diaryl/α,β-unsaturated/α-hetero) is 1. The van der Waals surface area contributed by atoms with Crippen LogP contribution < -0.4 is 10.6 Å². The monoisotopic (exact) mass is 482 g/mol. The van der Waals surface area contributed by atoms with Crippen molar-refractivity contribution in [2.45, 2.75) is 45.1 Å². The molecule has 1 fully saturated rings. The molecular weight excluding hydrogens is 452 g/mol. The minimum atomic E-state index is -1.37. The fourth-order valence-corrected chi connectivity index (χ4v) is 3.62. The molecule has 2 N–H and O–H groups in total. The highest BCUT2D eigenvalue weighted by atomic mass is 16.6. The lowest BCUT2D eigenvalue weighted by Crippen LogP contribution is -2.51. The van der Waals surface area contributed by atoms with E-state index in [1.807, 2.05) is 13.0 Å². The van der Waals surface area contributed by atoms with Gasteiger partial charge in [0, 0.05) is 5.56 Å². The molecule has 0 spiro atoms. The Bertz CT molecular complexity index is 1010. The lowest BCUT2D eigenvalue weighted by atomic mass is 10.1. The summed E-state index contributed by atoms with van der Waals surface area (Å²) < 4.78 is 15.8. The molecule has 2 aromatic rings. The minimum Gasteiger partial charge on any atom is -0.459 e. The zero-order valence-electron chi connectivity index (χ0n) is 19.8. The van der Waals surface area contributed by atoms with E-state index in [1.54, 1.807) is 54.6 Å². The van der Waals surface area contributed by atoms with Crippen molar-refractivity contribution >= 4 is 23.8 Å². The number of ketones is 1. The molecule has 4 atom stereocenters. The first kappa shape index (κ1) is 25.9. The Morgan fingerprint density at radius 1 is 1.00 bits per heavy atom. The molecule has 0 bridgehead atoms. The van der Waals surface area contributed by atoms with Crippen molar-refractivity contribution in [2.75, 3.05) is 13.2 Å². The van der Waals surface area contributed by atoms with Crippen molar-refractivity contribution in [2.24, 2.45) is 5.92 Å². The van der Waals surface area contributed by atoms with Gasteiger partial charge in [-0.3, -0.25) is 9.59 Å². The van der Waals surface area contributed by atoms with Gasteiger partial charge in [0.2, 0.25) is 0 Å². The number of hydrogen-bond donors (Lipinski definition) is 2. The number of amides is 1. The molecule has 1 heterocycles. The summed E-state index contributed by atoms with van der Waals surface area (Å²) in [7, 11) is 0. The normalized spacial score (nSPS) is 18.7. The molecule has 3 rings (SSSR count). The smallest absolute Gasteiger partial charge is 0.408 e. The van der Waals surface area contributed by atoms with E-state index in [9.17, 15) is 19.2 Å². The van der Waals surface area contributed by atoms with Crippen molar-refractivity contribution in [3.8, 4) is 0 Å². The van der Waals surface area contributed by atoms with Gasteiger partial charge in [-0.1, -0.05) is 67.6 Å². The maximum atomic E-state index is 12.8. The predicted molar refractivity (Wildman–Crippen MR) is 126 cm³/mol. The van der Waals surface area contributed by atoms with E-state index < -0.39 is 48.6 Å². The van der Waals surface area contributed by atoms with Gasteiger partial charge >= 0.3 is 18.0 Å². The van der Waals surface area contributed by atoms with E-state index in [2.05, 4.69) is 10.6 Å². The Kier molecular flexibility index (Phi) is 9.37. The second kappa shape index (κ2) is 12.7. The first-order valence-electron chi connectivity index (χ1n) is 11.5. The third kappa shape index (κ3) is 7.92. The number of nitrogens with one attached hydrogen (secondary N) is 2. The number of carbonyl (C=O) groups excluding carboxylic acids is 4. The number of alkyl carbamates (subject to hydrolysis) is 1. The highest BCUT2D eigenvalue weighted by Gasteiger charge is 2.35. The molecule has 1 saturated heterocycles. The molecule has 0 radical (unpaired) electrons. The fourth-order valence-electron chi connectivity index (χ4n) is 3.62. The van der Waals surface area contributed by atoms with Crippen LogP contribution in [-0.4, -0.2) is 55.2 Å². The molecule has 9 nitrogen and oxygen atoms in total. The highest BCUT2D eigenvalue weighted by Crippen LogP contribution is 2.15. The number of hydrogen-bond acceptors (Lipinski definition) is 8. The molecule has 0 saturated carbocycles. The second-order valence-electron chi connectivity index (χ2n) is 8.52. The molecule has 186 valence electrons. The SMILES string of the molecule is C[C@@H]1CN[C@@H](C(=O)O[C@@H](C)[C@H](NC(=O)OCc2ccccc2)C(=O)OCC(=O)c2ccccc2)C1. The van der Waals surface area contributed by atoms with Gasteiger partial charge in [0.25, 0.3) is 0 Å². The van der Waals surface area contributed by atoms with Gasteiger partial charge in [0.05, 0.1) is 0 Å². The van der Waals surface area contributed by atoms with Crippen LogP contribution in [-0.2, 0) is 30.4 Å². The van der Waals surface area contributed by atoms with Gasteiger partial charge in [0.15, 0.2) is 18.4 Å². The lowest BCUT2D eigenvalue weighted by molar-refractivity contribution is -0.158. The summed E-state index contributed by atoms with van der Waals surface area (Å²) in [5, 5.41) is 5.48. The molecule has 35 heavy (non-hydrogen) atoms. The zero-order chi connectivity index (χ0) is 25.2. The van der Waals surface area contributed by atoms with Gasteiger partial charge in [-0.05, 0) is 31.4 Å². The number of benzene rings is 2. The van der Waals surface area contributed by atoms with Crippen LogP contribution >= 0.6 is 0 Å². The van der Waals surface area contributed by atoms with Crippen LogP contribution in [0.25, 0.3) is 0 Å². The lowest BCUT2D eigenvalue weighted by Gasteiger charge is -2.24. The summed E-state index contributed by atoms with van der Waals surface area (Å²) in [6, 6.07) is 15.5. The molecule has 0 aliphatic carbocycles. The van der Waals surface area contributed by atoms with E-state index in [1.165, 1.54) is 6.92 Å². The van der Waals surface area contributed by atoms with Crippen LogP contribution in [0.3, 0.4) is 0 Å². The topological polar surface area (TPSA) is 120 Å². The Morgan fingerprint density at radius 3 is 2.29 bits per heavy atom. The van der Waals surface area contributed by atoms with Gasteiger partial charge in [-0.2, -0.15) is 0 Å². The van der Waals surface area contributed by atoms with Crippen LogP contribution in [0.4, 0.5) is 4.79 Å². The zero-order valence-corrected chi connectivity index (χ0v) is 19.8. The second-order valence-corrected chi connectivity index (χ2v) is 8.52. The van der Waals surface area contributed by atoms with E-state index in [0.717, 1.165) is 5.56 Å². The molecule has 0 aromatic heterocycles. The largest absolute Gasteiger partial charge is 0.459 e. The highest BCUT2D eigenvalue weighted by molar-refractivity contribution is 5.98. The summed E-state index contributed by atoms with van der Waals surface area (Å²) >= 11 is 0. The molecular formula is C26H30N2O7. The Morgan fingerprint density at radius 2 is 1.66 bits per heavy atom. The third-order valence-corrected chi connectivity index (χ3v) is 5.59. The van der Waals surface area contributed by atoms with Crippen molar-refractivity contribution in [3.63, 3.8) is 0 Å². The van der Waals surface area contributed by atoms with Crippen molar-refractivity contribution in [3.05, 3.63) is 71.8 Å². The predicted octanol–water partition coefficient (Wildman–Crippen LogP) is 2.64. The summed E-state index contributed by atoms with van der Waals surface area (Å²) in [4.78, 5) is 50.1. The third-order valence-electron chi connectivity index (χ3n) is 5.59. The summed E-state index contributed by atoms with van der Waals surface area (Å²) in [6.45, 7) is 3.63. The Balaban J connectivity index is 1.62. The van der Waals surface area contributed by atoms with E-state index in [-0.39, 0.29) is 6.61 Å². The molecule has 1 aliphatic heterocycles. The van der Waals surface area contributed by atoms with Crippen molar-refractivity contribution < 1.29 is 33.4 Å². The van der Waals surface area contributed by atoms with Crippen LogP contribution in [0.15, 0.2) is 60.7 Å². The van der Waals surface area contributed by atoms with E-state index in [4.69, 9.17) is 14.2 Å². The maximum Gasteiger partial charge on any atom is 0.408 e. The first-order valence-corrected chi connectivity index (χ1v) is 11.5. The molecule has 2 aromatic carbocycles. The summed E-state index contributed by atoms with van der Waals surface area (Å²) in [5.74, 6) is -1.53. The Hall–Kier alpha value is -3.72. The molecule has 0 unspecified atom stereocenters. The van der Waals surface area contributed by atoms with Gasteiger partial charge in [-0.15, -0.1) is 0 Å². The average molecular weight is 483 g/mol. The maximum absolute atomic E-state index is 12.8. The van der Waals surface area contributed by atoms with E-state index >= 15 is 0 Å². The number of ether oxygens (including phenoxy) is 3. The van der Waals surface area contributed by atoms with Crippen LogP contribution in [0.2, 0.25) is 0 Å². The standard InChI is InChI=1S/C26H30N2O7/c1-17-13-21(27-14-17)24(30)35-18(2)23(28-26(32)34-15-19-9-5-3-6-10-19)25(31)33-16-22(29)20-11-7-4-8-12-20/h3-12,17-18,21,23,27H,13-16H2,1-2H3,(H,28,32)/t17-,18-,21+,23-/m0/s1. The number of rotatable bonds is 10. The number of esters is 2.